The number of carbonyl (C=O) groups excluding carboxylic acids is 1. The summed E-state index contributed by atoms with van der Waals surface area (Å²) in [6.45, 7) is 1.95. The number of halogens is 1. The van der Waals surface area contributed by atoms with Crippen molar-refractivity contribution in [1.82, 2.24) is 9.55 Å². The number of hydrogen-bond donors (Lipinski definition) is 1. The van der Waals surface area contributed by atoms with Gasteiger partial charge in [-0.2, -0.15) is 0 Å². The van der Waals surface area contributed by atoms with Crippen LogP contribution in [0.4, 0.5) is 10.1 Å². The topological polar surface area (TPSA) is 46.9 Å². The summed E-state index contributed by atoms with van der Waals surface area (Å²) in [5.41, 5.74) is 2.72. The van der Waals surface area contributed by atoms with E-state index in [9.17, 15) is 9.18 Å². The van der Waals surface area contributed by atoms with E-state index in [1.807, 2.05) is 25.1 Å². The standard InChI is InChI=1S/C18H14FN3OS/c1-10-20-14-7-6-11(8-17(14)24-10)21-18(23)16-9-12-13(19)4-3-5-15(12)22(16)2/h3-9H,1-2H3,(H,21,23). The molecule has 4 aromatic rings. The zero-order valence-corrected chi connectivity index (χ0v) is 13.9. The number of benzene rings is 2. The van der Waals surface area contributed by atoms with Gasteiger partial charge < -0.3 is 9.88 Å². The average Bonchev–Trinajstić information content (AvgIpc) is 3.08. The minimum Gasteiger partial charge on any atom is -0.340 e. The van der Waals surface area contributed by atoms with Gasteiger partial charge in [0.2, 0.25) is 0 Å². The van der Waals surface area contributed by atoms with Gasteiger partial charge in [0.05, 0.1) is 20.7 Å². The molecule has 0 aliphatic carbocycles. The van der Waals surface area contributed by atoms with Gasteiger partial charge in [-0.05, 0) is 43.3 Å². The van der Waals surface area contributed by atoms with Crippen LogP contribution in [0.3, 0.4) is 0 Å². The zero-order chi connectivity index (χ0) is 16.8. The monoisotopic (exact) mass is 339 g/mol. The van der Waals surface area contributed by atoms with Crippen molar-refractivity contribution in [3.05, 3.63) is 59.0 Å². The van der Waals surface area contributed by atoms with E-state index < -0.39 is 0 Å². The van der Waals surface area contributed by atoms with Crippen LogP contribution in [0.25, 0.3) is 21.1 Å². The molecule has 1 amide bonds. The van der Waals surface area contributed by atoms with Crippen LogP contribution in [0.1, 0.15) is 15.5 Å². The molecule has 0 spiro atoms. The van der Waals surface area contributed by atoms with Crippen molar-refractivity contribution in [2.45, 2.75) is 6.92 Å². The fourth-order valence-electron chi connectivity index (χ4n) is 2.85. The van der Waals surface area contributed by atoms with Gasteiger partial charge in [0, 0.05) is 18.1 Å². The van der Waals surface area contributed by atoms with E-state index in [2.05, 4.69) is 10.3 Å². The summed E-state index contributed by atoms with van der Waals surface area (Å²) in [6, 6.07) is 12.0. The predicted octanol–water partition coefficient (Wildman–Crippen LogP) is 4.49. The first-order chi connectivity index (χ1) is 11.5. The lowest BCUT2D eigenvalue weighted by Crippen LogP contribution is -2.15. The number of nitrogens with one attached hydrogen (secondary N) is 1. The van der Waals surface area contributed by atoms with E-state index in [1.165, 1.54) is 6.07 Å². The van der Waals surface area contributed by atoms with Gasteiger partial charge in [-0.3, -0.25) is 4.79 Å². The molecule has 6 heteroatoms. The fourth-order valence-corrected chi connectivity index (χ4v) is 3.72. The summed E-state index contributed by atoms with van der Waals surface area (Å²) in [6.07, 6.45) is 0. The van der Waals surface area contributed by atoms with Crippen LogP contribution in [-0.2, 0) is 7.05 Å². The Kier molecular flexibility index (Phi) is 3.35. The molecule has 1 N–H and O–H groups in total. The maximum atomic E-state index is 13.9. The van der Waals surface area contributed by atoms with Gasteiger partial charge in [-0.15, -0.1) is 11.3 Å². The largest absolute Gasteiger partial charge is 0.340 e. The molecule has 0 radical (unpaired) electrons. The van der Waals surface area contributed by atoms with E-state index in [0.717, 1.165) is 15.2 Å². The highest BCUT2D eigenvalue weighted by Crippen LogP contribution is 2.26. The molecule has 2 aromatic carbocycles. The number of hydrogen-bond acceptors (Lipinski definition) is 3. The molecule has 2 heterocycles. The summed E-state index contributed by atoms with van der Waals surface area (Å²) in [5, 5.41) is 4.30. The molecule has 0 bridgehead atoms. The SMILES string of the molecule is Cc1nc2ccc(NC(=O)c3cc4c(F)cccc4n3C)cc2s1. The molecule has 0 saturated carbocycles. The summed E-state index contributed by atoms with van der Waals surface area (Å²) in [4.78, 5) is 17.0. The van der Waals surface area contributed by atoms with Crippen molar-refractivity contribution in [2.75, 3.05) is 5.32 Å². The molecule has 120 valence electrons. The highest BCUT2D eigenvalue weighted by atomic mass is 32.1. The van der Waals surface area contributed by atoms with Gasteiger partial charge >= 0.3 is 0 Å². The first-order valence-corrected chi connectivity index (χ1v) is 8.27. The van der Waals surface area contributed by atoms with Crippen molar-refractivity contribution in [3.8, 4) is 0 Å². The molecular formula is C18H14FN3OS. The number of rotatable bonds is 2. The van der Waals surface area contributed by atoms with Gasteiger partial charge in [0.25, 0.3) is 5.91 Å². The molecule has 4 nitrogen and oxygen atoms in total. The minimum atomic E-state index is -0.330. The van der Waals surface area contributed by atoms with Crippen molar-refractivity contribution < 1.29 is 9.18 Å². The van der Waals surface area contributed by atoms with Gasteiger partial charge in [-0.25, -0.2) is 9.37 Å². The van der Waals surface area contributed by atoms with Crippen LogP contribution in [0.15, 0.2) is 42.5 Å². The van der Waals surface area contributed by atoms with E-state index in [0.29, 0.717) is 22.3 Å². The van der Waals surface area contributed by atoms with Crippen molar-refractivity contribution in [2.24, 2.45) is 7.05 Å². The Balaban J connectivity index is 1.70. The second-order valence-corrected chi connectivity index (χ2v) is 6.87. The van der Waals surface area contributed by atoms with E-state index >= 15 is 0 Å². The Hall–Kier alpha value is -2.73. The number of aromatic nitrogens is 2. The number of anilines is 1. The Morgan fingerprint density at radius 3 is 2.88 bits per heavy atom. The third-order valence-corrected chi connectivity index (χ3v) is 4.95. The van der Waals surface area contributed by atoms with Crippen LogP contribution in [0, 0.1) is 12.7 Å². The van der Waals surface area contributed by atoms with Gasteiger partial charge in [-0.1, -0.05) is 6.07 Å². The number of thiazole rings is 1. The highest BCUT2D eigenvalue weighted by molar-refractivity contribution is 7.18. The quantitative estimate of drug-likeness (QED) is 0.585. The molecular weight excluding hydrogens is 325 g/mol. The zero-order valence-electron chi connectivity index (χ0n) is 13.1. The normalized spacial score (nSPS) is 11.3. The number of nitrogens with zero attached hydrogens (tertiary/aromatic N) is 2. The Labute approximate surface area is 141 Å². The smallest absolute Gasteiger partial charge is 0.272 e. The second kappa shape index (κ2) is 5.42. The Morgan fingerprint density at radius 2 is 2.08 bits per heavy atom. The maximum absolute atomic E-state index is 13.9. The summed E-state index contributed by atoms with van der Waals surface area (Å²) in [7, 11) is 1.76. The van der Waals surface area contributed by atoms with E-state index in [1.54, 1.807) is 41.2 Å². The summed E-state index contributed by atoms with van der Waals surface area (Å²) in [5.74, 6) is -0.600. The molecule has 0 saturated heterocycles. The minimum absolute atomic E-state index is 0.270. The van der Waals surface area contributed by atoms with Crippen LogP contribution in [0.2, 0.25) is 0 Å². The van der Waals surface area contributed by atoms with Crippen LogP contribution in [-0.4, -0.2) is 15.5 Å². The molecule has 0 aliphatic heterocycles. The molecule has 2 aromatic heterocycles. The fraction of sp³-hybridized carbons (Fsp3) is 0.111. The molecule has 0 aliphatic rings. The number of amides is 1. The lowest BCUT2D eigenvalue weighted by atomic mass is 10.2. The van der Waals surface area contributed by atoms with Crippen molar-refractivity contribution in [1.29, 1.82) is 0 Å². The number of fused-ring (bicyclic) bond motifs is 2. The summed E-state index contributed by atoms with van der Waals surface area (Å²) < 4.78 is 16.6. The lowest BCUT2D eigenvalue weighted by molar-refractivity contribution is 0.102. The Bertz CT molecular complexity index is 1100. The molecule has 0 atom stereocenters. The van der Waals surface area contributed by atoms with Crippen LogP contribution in [0.5, 0.6) is 0 Å². The summed E-state index contributed by atoms with van der Waals surface area (Å²) >= 11 is 1.58. The molecule has 24 heavy (non-hydrogen) atoms. The number of aryl methyl sites for hydroxylation is 2. The first kappa shape index (κ1) is 14.8. The van der Waals surface area contributed by atoms with Crippen LogP contribution >= 0.6 is 11.3 Å². The average molecular weight is 339 g/mol. The Morgan fingerprint density at radius 1 is 1.25 bits per heavy atom. The van der Waals surface area contributed by atoms with Gasteiger partial charge in [0.1, 0.15) is 11.5 Å². The lowest BCUT2D eigenvalue weighted by Gasteiger charge is -2.06. The second-order valence-electron chi connectivity index (χ2n) is 5.63. The van der Waals surface area contributed by atoms with Crippen molar-refractivity contribution >= 4 is 44.1 Å². The van der Waals surface area contributed by atoms with Crippen LogP contribution < -0.4 is 5.32 Å². The van der Waals surface area contributed by atoms with Gasteiger partial charge in [0.15, 0.2) is 0 Å². The third-order valence-electron chi connectivity index (χ3n) is 4.02. The first-order valence-electron chi connectivity index (χ1n) is 7.45. The molecule has 4 rings (SSSR count). The maximum Gasteiger partial charge on any atom is 0.272 e. The van der Waals surface area contributed by atoms with E-state index in [-0.39, 0.29) is 11.7 Å². The molecule has 0 unspecified atom stereocenters. The van der Waals surface area contributed by atoms with Crippen molar-refractivity contribution in [3.63, 3.8) is 0 Å². The van der Waals surface area contributed by atoms with E-state index in [4.69, 9.17) is 0 Å². The molecule has 0 fully saturated rings. The predicted molar refractivity (Wildman–Crippen MR) is 95.2 cm³/mol. The third kappa shape index (κ3) is 2.35. The number of carbonyl (C=O) groups is 1. The highest BCUT2D eigenvalue weighted by Gasteiger charge is 2.15.